The zero-order valence-corrected chi connectivity index (χ0v) is 12.9. The lowest BCUT2D eigenvalue weighted by Crippen LogP contribution is -2.25. The van der Waals surface area contributed by atoms with Crippen molar-refractivity contribution in [2.45, 2.75) is 18.9 Å². The Kier molecular flexibility index (Phi) is 3.26. The summed E-state index contributed by atoms with van der Waals surface area (Å²) in [6.07, 6.45) is 2.17. The first-order valence-electron chi connectivity index (χ1n) is 7.80. The maximum absolute atomic E-state index is 12.1. The van der Waals surface area contributed by atoms with Crippen molar-refractivity contribution in [3.8, 4) is 0 Å². The van der Waals surface area contributed by atoms with Crippen molar-refractivity contribution < 1.29 is 4.79 Å². The third kappa shape index (κ3) is 2.77. The van der Waals surface area contributed by atoms with Gasteiger partial charge in [-0.3, -0.25) is 4.79 Å². The molecule has 1 aliphatic carbocycles. The summed E-state index contributed by atoms with van der Waals surface area (Å²) in [4.78, 5) is 16.7. The number of nitrogens with one attached hydrogen (secondary N) is 2. The molecular formula is C18H18N4O. The summed E-state index contributed by atoms with van der Waals surface area (Å²) in [7, 11) is 1.97. The minimum atomic E-state index is -0.0128. The van der Waals surface area contributed by atoms with Gasteiger partial charge in [-0.15, -0.1) is 0 Å². The Bertz CT molecular complexity index is 880. The Hall–Kier alpha value is -2.82. The highest BCUT2D eigenvalue weighted by Crippen LogP contribution is 2.23. The van der Waals surface area contributed by atoms with Crippen LogP contribution in [0.1, 0.15) is 23.2 Å². The van der Waals surface area contributed by atoms with E-state index >= 15 is 0 Å². The summed E-state index contributed by atoms with van der Waals surface area (Å²) in [6, 6.07) is 15.9. The van der Waals surface area contributed by atoms with Crippen LogP contribution in [0.4, 0.5) is 11.6 Å². The highest BCUT2D eigenvalue weighted by atomic mass is 16.1. The van der Waals surface area contributed by atoms with Gasteiger partial charge in [-0.2, -0.15) is 0 Å². The maximum atomic E-state index is 12.1. The van der Waals surface area contributed by atoms with E-state index in [1.807, 2.05) is 60.1 Å². The second-order valence-corrected chi connectivity index (χ2v) is 5.94. The van der Waals surface area contributed by atoms with Gasteiger partial charge in [0.05, 0.1) is 11.0 Å². The lowest BCUT2D eigenvalue weighted by molar-refractivity contribution is 0.0951. The minimum absolute atomic E-state index is 0.0128. The number of carbonyl (C=O) groups is 1. The zero-order valence-electron chi connectivity index (χ0n) is 12.9. The number of anilines is 2. The van der Waals surface area contributed by atoms with Gasteiger partial charge in [0.2, 0.25) is 5.95 Å². The molecule has 0 aliphatic heterocycles. The second kappa shape index (κ2) is 5.43. The van der Waals surface area contributed by atoms with Crippen molar-refractivity contribution in [3.63, 3.8) is 0 Å². The summed E-state index contributed by atoms with van der Waals surface area (Å²) in [5.41, 5.74) is 3.53. The number of aromatic nitrogens is 2. The quantitative estimate of drug-likeness (QED) is 0.778. The zero-order chi connectivity index (χ0) is 15.8. The van der Waals surface area contributed by atoms with E-state index in [-0.39, 0.29) is 5.91 Å². The number of aryl methyl sites for hydroxylation is 1. The van der Waals surface area contributed by atoms with E-state index in [9.17, 15) is 4.79 Å². The fourth-order valence-electron chi connectivity index (χ4n) is 2.62. The molecule has 3 aromatic rings. The van der Waals surface area contributed by atoms with Gasteiger partial charge in [0, 0.05) is 24.3 Å². The number of carbonyl (C=O) groups excluding carboxylic acids is 1. The van der Waals surface area contributed by atoms with Crippen molar-refractivity contribution >= 4 is 28.6 Å². The van der Waals surface area contributed by atoms with Crippen LogP contribution in [0, 0.1) is 0 Å². The SMILES string of the molecule is Cn1c(Nc2cccc(C(=O)NC3CC3)c2)nc2ccccc21. The van der Waals surface area contributed by atoms with Crippen LogP contribution in [-0.4, -0.2) is 21.5 Å². The summed E-state index contributed by atoms with van der Waals surface area (Å²) in [5, 5.41) is 6.30. The van der Waals surface area contributed by atoms with Crippen LogP contribution in [-0.2, 0) is 7.05 Å². The van der Waals surface area contributed by atoms with Crippen LogP contribution in [0.2, 0.25) is 0 Å². The smallest absolute Gasteiger partial charge is 0.251 e. The lowest BCUT2D eigenvalue weighted by Gasteiger charge is -2.08. The molecule has 1 fully saturated rings. The van der Waals surface area contributed by atoms with Crippen LogP contribution < -0.4 is 10.6 Å². The highest BCUT2D eigenvalue weighted by Gasteiger charge is 2.23. The summed E-state index contributed by atoms with van der Waals surface area (Å²) in [6.45, 7) is 0. The molecule has 23 heavy (non-hydrogen) atoms. The number of para-hydroxylation sites is 2. The molecule has 1 amide bonds. The number of nitrogens with zero attached hydrogens (tertiary/aromatic N) is 2. The van der Waals surface area contributed by atoms with Gasteiger partial charge in [-0.05, 0) is 43.2 Å². The number of amides is 1. The molecule has 5 nitrogen and oxygen atoms in total. The minimum Gasteiger partial charge on any atom is -0.349 e. The van der Waals surface area contributed by atoms with Crippen LogP contribution in [0.15, 0.2) is 48.5 Å². The molecule has 0 unspecified atom stereocenters. The van der Waals surface area contributed by atoms with Crippen molar-refractivity contribution in [1.82, 2.24) is 14.9 Å². The standard InChI is InChI=1S/C18H18N4O/c1-22-16-8-3-2-7-15(16)21-18(22)20-14-6-4-5-12(11-14)17(23)19-13-9-10-13/h2-8,11,13H,9-10H2,1H3,(H,19,23)(H,20,21). The number of hydrogen-bond acceptors (Lipinski definition) is 3. The predicted octanol–water partition coefficient (Wildman–Crippen LogP) is 3.21. The molecule has 0 saturated heterocycles. The van der Waals surface area contributed by atoms with E-state index in [4.69, 9.17) is 0 Å². The molecule has 1 saturated carbocycles. The van der Waals surface area contributed by atoms with Gasteiger partial charge in [0.25, 0.3) is 5.91 Å². The maximum Gasteiger partial charge on any atom is 0.251 e. The normalized spacial score (nSPS) is 14.0. The first kappa shape index (κ1) is 13.8. The van der Waals surface area contributed by atoms with Crippen LogP contribution in [0.3, 0.4) is 0 Å². The van der Waals surface area contributed by atoms with E-state index in [1.165, 1.54) is 0 Å². The number of fused-ring (bicyclic) bond motifs is 1. The molecule has 2 N–H and O–H groups in total. The Labute approximate surface area is 134 Å². The van der Waals surface area contributed by atoms with Gasteiger partial charge < -0.3 is 15.2 Å². The van der Waals surface area contributed by atoms with Gasteiger partial charge in [0.1, 0.15) is 0 Å². The first-order chi connectivity index (χ1) is 11.2. The average molecular weight is 306 g/mol. The fourth-order valence-corrected chi connectivity index (χ4v) is 2.62. The molecule has 2 aromatic carbocycles. The average Bonchev–Trinajstić information content (AvgIpc) is 3.33. The van der Waals surface area contributed by atoms with Crippen LogP contribution >= 0.6 is 0 Å². The van der Waals surface area contributed by atoms with Crippen LogP contribution in [0.25, 0.3) is 11.0 Å². The van der Waals surface area contributed by atoms with Crippen molar-refractivity contribution in [2.24, 2.45) is 7.05 Å². The van der Waals surface area contributed by atoms with Crippen molar-refractivity contribution in [2.75, 3.05) is 5.32 Å². The fraction of sp³-hybridized carbons (Fsp3) is 0.222. The third-order valence-corrected chi connectivity index (χ3v) is 4.08. The Morgan fingerprint density at radius 1 is 1.17 bits per heavy atom. The topological polar surface area (TPSA) is 59.0 Å². The molecule has 0 bridgehead atoms. The van der Waals surface area contributed by atoms with E-state index in [0.717, 1.165) is 35.5 Å². The highest BCUT2D eigenvalue weighted by molar-refractivity contribution is 5.95. The number of benzene rings is 2. The Morgan fingerprint density at radius 2 is 2.00 bits per heavy atom. The molecule has 0 spiro atoms. The molecule has 4 rings (SSSR count). The molecule has 116 valence electrons. The number of rotatable bonds is 4. The summed E-state index contributed by atoms with van der Waals surface area (Å²) < 4.78 is 2.01. The van der Waals surface area contributed by atoms with E-state index < -0.39 is 0 Å². The van der Waals surface area contributed by atoms with Gasteiger partial charge in [0.15, 0.2) is 0 Å². The first-order valence-corrected chi connectivity index (χ1v) is 7.80. The van der Waals surface area contributed by atoms with Crippen molar-refractivity contribution in [3.05, 3.63) is 54.1 Å². The Balaban J connectivity index is 1.60. The largest absolute Gasteiger partial charge is 0.349 e. The second-order valence-electron chi connectivity index (χ2n) is 5.94. The van der Waals surface area contributed by atoms with Crippen LogP contribution in [0.5, 0.6) is 0 Å². The number of hydrogen-bond donors (Lipinski definition) is 2. The monoisotopic (exact) mass is 306 g/mol. The molecule has 5 heteroatoms. The lowest BCUT2D eigenvalue weighted by atomic mass is 10.2. The molecule has 0 radical (unpaired) electrons. The molecule has 1 aromatic heterocycles. The van der Waals surface area contributed by atoms with Crippen molar-refractivity contribution in [1.29, 1.82) is 0 Å². The van der Waals surface area contributed by atoms with Gasteiger partial charge in [-0.1, -0.05) is 18.2 Å². The van der Waals surface area contributed by atoms with E-state index in [2.05, 4.69) is 15.6 Å². The molecule has 0 atom stereocenters. The molecule has 1 heterocycles. The predicted molar refractivity (Wildman–Crippen MR) is 90.9 cm³/mol. The third-order valence-electron chi connectivity index (χ3n) is 4.08. The summed E-state index contributed by atoms with van der Waals surface area (Å²) in [5.74, 6) is 0.743. The van der Waals surface area contributed by atoms with Gasteiger partial charge in [-0.25, -0.2) is 4.98 Å². The van der Waals surface area contributed by atoms with Gasteiger partial charge >= 0.3 is 0 Å². The van der Waals surface area contributed by atoms with E-state index in [1.54, 1.807) is 0 Å². The number of imidazole rings is 1. The molecule has 1 aliphatic rings. The van der Waals surface area contributed by atoms with E-state index in [0.29, 0.717) is 11.6 Å². The molecular weight excluding hydrogens is 288 g/mol. The Morgan fingerprint density at radius 3 is 2.78 bits per heavy atom. The summed E-state index contributed by atoms with van der Waals surface area (Å²) >= 11 is 0.